The van der Waals surface area contributed by atoms with Crippen molar-refractivity contribution in [1.82, 2.24) is 20.2 Å². The summed E-state index contributed by atoms with van der Waals surface area (Å²) in [5.41, 5.74) is 0.469. The highest BCUT2D eigenvalue weighted by Crippen LogP contribution is 2.16. The molecule has 0 aliphatic carbocycles. The molecule has 0 aliphatic heterocycles. The Balaban J connectivity index is 1.98. The Hall–Kier alpha value is -2.02. The first kappa shape index (κ1) is 13.4. The first-order valence-electron chi connectivity index (χ1n) is 5.49. The molecule has 1 aromatic heterocycles. The lowest BCUT2D eigenvalue weighted by atomic mass is 10.1. The van der Waals surface area contributed by atoms with Gasteiger partial charge in [0.15, 0.2) is 5.78 Å². The van der Waals surface area contributed by atoms with E-state index in [2.05, 4.69) is 22.1 Å². The Bertz CT molecular complexity index is 582. The summed E-state index contributed by atoms with van der Waals surface area (Å²) < 4.78 is 14.3. The SMILES string of the molecule is C=CCn1nnnc1SCC(=O)c1ccc(F)cc1. The molecule has 0 saturated carbocycles. The fraction of sp³-hybridized carbons (Fsp3) is 0.167. The molecule has 0 radical (unpaired) electrons. The number of tetrazole rings is 1. The maximum atomic E-state index is 12.7. The lowest BCUT2D eigenvalue weighted by Gasteiger charge is -2.01. The third-order valence-electron chi connectivity index (χ3n) is 2.30. The van der Waals surface area contributed by atoms with Gasteiger partial charge in [-0.1, -0.05) is 17.8 Å². The second-order valence-corrected chi connectivity index (χ2v) is 4.59. The van der Waals surface area contributed by atoms with Crippen LogP contribution in [0.2, 0.25) is 0 Å². The van der Waals surface area contributed by atoms with Crippen LogP contribution in [-0.4, -0.2) is 31.7 Å². The molecule has 0 atom stereocenters. The Morgan fingerprint density at radius 2 is 2.16 bits per heavy atom. The Labute approximate surface area is 113 Å². The zero-order chi connectivity index (χ0) is 13.7. The molecule has 0 unspecified atom stereocenters. The third-order valence-corrected chi connectivity index (χ3v) is 3.26. The zero-order valence-corrected chi connectivity index (χ0v) is 10.8. The van der Waals surface area contributed by atoms with Gasteiger partial charge >= 0.3 is 0 Å². The normalized spacial score (nSPS) is 10.4. The van der Waals surface area contributed by atoms with Crippen molar-refractivity contribution in [1.29, 1.82) is 0 Å². The predicted molar refractivity (Wildman–Crippen MR) is 69.5 cm³/mol. The van der Waals surface area contributed by atoms with Gasteiger partial charge in [0.25, 0.3) is 0 Å². The van der Waals surface area contributed by atoms with Gasteiger partial charge in [0, 0.05) is 5.56 Å². The lowest BCUT2D eigenvalue weighted by molar-refractivity contribution is 0.102. The maximum Gasteiger partial charge on any atom is 0.210 e. The maximum absolute atomic E-state index is 12.7. The average Bonchev–Trinajstić information content (AvgIpc) is 2.85. The Morgan fingerprint density at radius 1 is 1.42 bits per heavy atom. The van der Waals surface area contributed by atoms with Crippen LogP contribution in [0.15, 0.2) is 42.1 Å². The fourth-order valence-electron chi connectivity index (χ4n) is 1.39. The highest BCUT2D eigenvalue weighted by molar-refractivity contribution is 7.99. The van der Waals surface area contributed by atoms with Gasteiger partial charge in [-0.3, -0.25) is 4.79 Å². The van der Waals surface area contributed by atoms with E-state index in [1.807, 2.05) is 0 Å². The number of aromatic nitrogens is 4. The quantitative estimate of drug-likeness (QED) is 0.459. The second-order valence-electron chi connectivity index (χ2n) is 3.65. The van der Waals surface area contributed by atoms with Crippen molar-refractivity contribution in [3.05, 3.63) is 48.3 Å². The van der Waals surface area contributed by atoms with E-state index in [-0.39, 0.29) is 17.4 Å². The van der Waals surface area contributed by atoms with Crippen LogP contribution in [0, 0.1) is 5.82 Å². The zero-order valence-electron chi connectivity index (χ0n) is 9.99. The predicted octanol–water partition coefficient (Wildman–Crippen LogP) is 1.97. The minimum atomic E-state index is -0.362. The molecule has 0 bridgehead atoms. The number of halogens is 1. The molecule has 0 saturated heterocycles. The number of carbonyl (C=O) groups is 1. The highest BCUT2D eigenvalue weighted by atomic mass is 32.2. The van der Waals surface area contributed by atoms with E-state index in [4.69, 9.17) is 0 Å². The molecule has 0 amide bonds. The summed E-state index contributed by atoms with van der Waals surface area (Å²) in [4.78, 5) is 11.9. The number of rotatable bonds is 6. The summed E-state index contributed by atoms with van der Waals surface area (Å²) in [5.74, 6) is -0.263. The topological polar surface area (TPSA) is 60.7 Å². The molecule has 7 heteroatoms. The standard InChI is InChI=1S/C12H11FN4OS/c1-2-7-17-12(14-15-16-17)19-8-11(18)9-3-5-10(13)6-4-9/h2-6H,1,7-8H2. The van der Waals surface area contributed by atoms with Crippen LogP contribution in [0.5, 0.6) is 0 Å². The monoisotopic (exact) mass is 278 g/mol. The molecule has 0 aliphatic rings. The van der Waals surface area contributed by atoms with Crippen molar-refractivity contribution in [2.75, 3.05) is 5.75 Å². The molecule has 2 aromatic rings. The van der Waals surface area contributed by atoms with E-state index in [9.17, 15) is 9.18 Å². The van der Waals surface area contributed by atoms with Gasteiger partial charge in [-0.15, -0.1) is 11.7 Å². The smallest absolute Gasteiger partial charge is 0.210 e. The van der Waals surface area contributed by atoms with Crippen LogP contribution >= 0.6 is 11.8 Å². The van der Waals surface area contributed by atoms with Crippen LogP contribution in [0.3, 0.4) is 0 Å². The van der Waals surface area contributed by atoms with Crippen molar-refractivity contribution in [3.63, 3.8) is 0 Å². The van der Waals surface area contributed by atoms with Crippen molar-refractivity contribution in [3.8, 4) is 0 Å². The molecule has 19 heavy (non-hydrogen) atoms. The minimum Gasteiger partial charge on any atom is -0.293 e. The average molecular weight is 278 g/mol. The molecule has 2 rings (SSSR count). The highest BCUT2D eigenvalue weighted by Gasteiger charge is 2.11. The molecule has 5 nitrogen and oxygen atoms in total. The van der Waals surface area contributed by atoms with E-state index in [1.165, 1.54) is 36.0 Å². The summed E-state index contributed by atoms with van der Waals surface area (Å²) >= 11 is 1.24. The fourth-order valence-corrected chi connectivity index (χ4v) is 2.17. The number of benzene rings is 1. The molecule has 0 N–H and O–H groups in total. The summed E-state index contributed by atoms with van der Waals surface area (Å²) in [6, 6.07) is 5.45. The Kier molecular flexibility index (Phi) is 4.40. The van der Waals surface area contributed by atoms with E-state index in [0.717, 1.165) is 0 Å². The van der Waals surface area contributed by atoms with Gasteiger partial charge in [0.05, 0.1) is 12.3 Å². The molecule has 0 spiro atoms. The number of carbonyl (C=O) groups excluding carboxylic acids is 1. The number of allylic oxidation sites excluding steroid dienone is 1. The van der Waals surface area contributed by atoms with Crippen LogP contribution in [0.1, 0.15) is 10.4 Å². The second kappa shape index (κ2) is 6.24. The number of nitrogens with zero attached hydrogens (tertiary/aromatic N) is 4. The number of hydrogen-bond acceptors (Lipinski definition) is 5. The molecule has 1 heterocycles. The molecule has 1 aromatic carbocycles. The summed E-state index contributed by atoms with van der Waals surface area (Å²) in [6.07, 6.45) is 1.67. The summed E-state index contributed by atoms with van der Waals surface area (Å²) in [6.45, 7) is 4.09. The van der Waals surface area contributed by atoms with Gasteiger partial charge < -0.3 is 0 Å². The van der Waals surface area contributed by atoms with Crippen LogP contribution in [0.25, 0.3) is 0 Å². The van der Waals surface area contributed by atoms with Crippen LogP contribution in [-0.2, 0) is 6.54 Å². The summed E-state index contributed by atoms with van der Waals surface area (Å²) in [5, 5.41) is 11.7. The number of hydrogen-bond donors (Lipinski definition) is 0. The number of Topliss-reactive ketones (excluding diaryl/α,β-unsaturated/α-hetero) is 1. The van der Waals surface area contributed by atoms with Crippen LogP contribution < -0.4 is 0 Å². The Morgan fingerprint density at radius 3 is 2.84 bits per heavy atom. The minimum absolute atomic E-state index is 0.0989. The summed E-state index contributed by atoms with van der Waals surface area (Å²) in [7, 11) is 0. The van der Waals surface area contributed by atoms with Crippen molar-refractivity contribution in [2.45, 2.75) is 11.7 Å². The van der Waals surface area contributed by atoms with E-state index in [1.54, 1.807) is 10.8 Å². The van der Waals surface area contributed by atoms with Crippen LogP contribution in [0.4, 0.5) is 4.39 Å². The third kappa shape index (κ3) is 3.47. The van der Waals surface area contributed by atoms with E-state index >= 15 is 0 Å². The molecule has 98 valence electrons. The van der Waals surface area contributed by atoms with Crippen molar-refractivity contribution in [2.24, 2.45) is 0 Å². The number of thioether (sulfide) groups is 1. The van der Waals surface area contributed by atoms with Crippen molar-refractivity contribution >= 4 is 17.5 Å². The van der Waals surface area contributed by atoms with Gasteiger partial charge in [0.1, 0.15) is 5.82 Å². The van der Waals surface area contributed by atoms with E-state index in [0.29, 0.717) is 17.3 Å². The van der Waals surface area contributed by atoms with Gasteiger partial charge in [-0.2, -0.15) is 0 Å². The molecular weight excluding hydrogens is 267 g/mol. The largest absolute Gasteiger partial charge is 0.293 e. The number of ketones is 1. The van der Waals surface area contributed by atoms with E-state index < -0.39 is 0 Å². The van der Waals surface area contributed by atoms with Crippen molar-refractivity contribution < 1.29 is 9.18 Å². The molecule has 0 fully saturated rings. The van der Waals surface area contributed by atoms with Gasteiger partial charge in [-0.05, 0) is 34.7 Å². The molecular formula is C12H11FN4OS. The van der Waals surface area contributed by atoms with Gasteiger partial charge in [-0.25, -0.2) is 9.07 Å². The first-order chi connectivity index (χ1) is 9.20. The lowest BCUT2D eigenvalue weighted by Crippen LogP contribution is -2.05. The first-order valence-corrected chi connectivity index (χ1v) is 6.48. The van der Waals surface area contributed by atoms with Gasteiger partial charge in [0.2, 0.25) is 5.16 Å².